The van der Waals surface area contributed by atoms with Crippen LogP contribution in [0.2, 0.25) is 0 Å². The maximum absolute atomic E-state index is 8.73. The van der Waals surface area contributed by atoms with Gasteiger partial charge in [-0.1, -0.05) is 0 Å². The summed E-state index contributed by atoms with van der Waals surface area (Å²) in [5.41, 5.74) is 0.943. The number of methoxy groups -OCH3 is 3. The lowest BCUT2D eigenvalue weighted by molar-refractivity contribution is 0.285. The van der Waals surface area contributed by atoms with Gasteiger partial charge in [0.1, 0.15) is 17.2 Å². The van der Waals surface area contributed by atoms with Crippen molar-refractivity contribution >= 4 is 0 Å². The monoisotopic (exact) mass is 255 g/mol. The van der Waals surface area contributed by atoms with Gasteiger partial charge >= 0.3 is 0 Å². The van der Waals surface area contributed by atoms with E-state index in [0.29, 0.717) is 12.3 Å². The fourth-order valence-electron chi connectivity index (χ4n) is 1.67. The summed E-state index contributed by atoms with van der Waals surface area (Å²) in [5.74, 6) is 2.15. The van der Waals surface area contributed by atoms with E-state index >= 15 is 0 Å². The minimum absolute atomic E-state index is 0.184. The van der Waals surface area contributed by atoms with Crippen LogP contribution in [0.4, 0.5) is 0 Å². The molecule has 2 N–H and O–H groups in total. The highest BCUT2D eigenvalue weighted by Crippen LogP contribution is 2.33. The molecule has 1 aromatic rings. The summed E-state index contributed by atoms with van der Waals surface area (Å²) >= 11 is 0. The van der Waals surface area contributed by atoms with E-state index in [1.807, 2.05) is 12.1 Å². The molecule has 0 bridgehead atoms. The van der Waals surface area contributed by atoms with Gasteiger partial charge in [-0.05, 0) is 13.0 Å². The SMILES string of the molecule is COc1cc(OC)c(CNCCCO)c(OC)c1. The Morgan fingerprint density at radius 2 is 1.67 bits per heavy atom. The van der Waals surface area contributed by atoms with E-state index in [0.717, 1.165) is 30.0 Å². The smallest absolute Gasteiger partial charge is 0.130 e. The van der Waals surface area contributed by atoms with Crippen molar-refractivity contribution < 1.29 is 19.3 Å². The zero-order valence-electron chi connectivity index (χ0n) is 11.2. The molecule has 0 aliphatic carbocycles. The van der Waals surface area contributed by atoms with Crippen LogP contribution >= 0.6 is 0 Å². The molecule has 0 saturated carbocycles. The molecule has 0 aliphatic rings. The minimum Gasteiger partial charge on any atom is -0.496 e. The summed E-state index contributed by atoms with van der Waals surface area (Å²) in [7, 11) is 4.84. The second kappa shape index (κ2) is 7.79. The first kappa shape index (κ1) is 14.6. The van der Waals surface area contributed by atoms with Gasteiger partial charge in [-0.15, -0.1) is 0 Å². The lowest BCUT2D eigenvalue weighted by Gasteiger charge is -2.15. The zero-order valence-corrected chi connectivity index (χ0v) is 11.2. The Morgan fingerprint density at radius 3 is 2.11 bits per heavy atom. The minimum atomic E-state index is 0.184. The molecular weight excluding hydrogens is 234 g/mol. The molecule has 0 fully saturated rings. The van der Waals surface area contributed by atoms with Crippen molar-refractivity contribution in [3.8, 4) is 17.2 Å². The van der Waals surface area contributed by atoms with Gasteiger partial charge in [0.15, 0.2) is 0 Å². The van der Waals surface area contributed by atoms with Crippen LogP contribution in [0.1, 0.15) is 12.0 Å². The predicted octanol–water partition coefficient (Wildman–Crippen LogP) is 1.18. The molecule has 0 atom stereocenters. The van der Waals surface area contributed by atoms with Gasteiger partial charge < -0.3 is 24.6 Å². The lowest BCUT2D eigenvalue weighted by atomic mass is 10.1. The molecule has 0 aromatic heterocycles. The van der Waals surface area contributed by atoms with Crippen molar-refractivity contribution in [1.29, 1.82) is 0 Å². The van der Waals surface area contributed by atoms with Crippen molar-refractivity contribution in [2.75, 3.05) is 34.5 Å². The molecule has 0 spiro atoms. The van der Waals surface area contributed by atoms with Crippen LogP contribution in [0.25, 0.3) is 0 Å². The quantitative estimate of drug-likeness (QED) is 0.683. The van der Waals surface area contributed by atoms with E-state index in [9.17, 15) is 0 Å². The van der Waals surface area contributed by atoms with Gasteiger partial charge in [0.25, 0.3) is 0 Å². The maximum Gasteiger partial charge on any atom is 0.130 e. The van der Waals surface area contributed by atoms with Crippen LogP contribution in [-0.4, -0.2) is 39.6 Å². The Balaban J connectivity index is 2.85. The Morgan fingerprint density at radius 1 is 1.06 bits per heavy atom. The van der Waals surface area contributed by atoms with E-state index in [4.69, 9.17) is 19.3 Å². The Hall–Kier alpha value is -1.46. The number of benzene rings is 1. The van der Waals surface area contributed by atoms with Crippen LogP contribution in [-0.2, 0) is 6.54 Å². The fourth-order valence-corrected chi connectivity index (χ4v) is 1.67. The molecule has 0 radical (unpaired) electrons. The normalized spacial score (nSPS) is 10.2. The summed E-state index contributed by atoms with van der Waals surface area (Å²) in [4.78, 5) is 0. The zero-order chi connectivity index (χ0) is 13.4. The average Bonchev–Trinajstić information content (AvgIpc) is 2.42. The predicted molar refractivity (Wildman–Crippen MR) is 69.5 cm³/mol. The van der Waals surface area contributed by atoms with Crippen molar-refractivity contribution in [1.82, 2.24) is 5.32 Å². The highest BCUT2D eigenvalue weighted by atomic mass is 16.5. The Bertz CT molecular complexity index is 343. The summed E-state index contributed by atoms with van der Waals surface area (Å²) < 4.78 is 15.9. The first-order chi connectivity index (χ1) is 8.76. The van der Waals surface area contributed by atoms with Crippen molar-refractivity contribution in [3.63, 3.8) is 0 Å². The maximum atomic E-state index is 8.73. The van der Waals surface area contributed by atoms with Crippen LogP contribution < -0.4 is 19.5 Å². The average molecular weight is 255 g/mol. The molecule has 0 amide bonds. The number of hydrogen-bond acceptors (Lipinski definition) is 5. The number of rotatable bonds is 8. The summed E-state index contributed by atoms with van der Waals surface area (Å²) in [5, 5.41) is 12.0. The van der Waals surface area contributed by atoms with Crippen LogP contribution in [0.3, 0.4) is 0 Å². The Kier molecular flexibility index (Phi) is 6.32. The summed E-state index contributed by atoms with van der Waals surface area (Å²) in [6.45, 7) is 1.55. The van der Waals surface area contributed by atoms with Crippen LogP contribution in [0.15, 0.2) is 12.1 Å². The lowest BCUT2D eigenvalue weighted by Crippen LogP contribution is -2.17. The van der Waals surface area contributed by atoms with Gasteiger partial charge in [-0.25, -0.2) is 0 Å². The molecule has 0 unspecified atom stereocenters. The molecule has 1 rings (SSSR count). The van der Waals surface area contributed by atoms with Gasteiger partial charge in [-0.2, -0.15) is 0 Å². The third kappa shape index (κ3) is 3.78. The van der Waals surface area contributed by atoms with Gasteiger partial charge in [-0.3, -0.25) is 0 Å². The highest BCUT2D eigenvalue weighted by Gasteiger charge is 2.12. The van der Waals surface area contributed by atoms with Crippen molar-refractivity contribution in [2.24, 2.45) is 0 Å². The summed E-state index contributed by atoms with van der Waals surface area (Å²) in [6.07, 6.45) is 0.723. The van der Waals surface area contributed by atoms with E-state index < -0.39 is 0 Å². The molecular formula is C13H21NO4. The molecule has 18 heavy (non-hydrogen) atoms. The third-order valence-electron chi connectivity index (χ3n) is 2.63. The first-order valence-corrected chi connectivity index (χ1v) is 5.87. The molecule has 0 aliphatic heterocycles. The summed E-state index contributed by atoms with van der Waals surface area (Å²) in [6, 6.07) is 3.65. The fraction of sp³-hybridized carbons (Fsp3) is 0.538. The van der Waals surface area contributed by atoms with Crippen LogP contribution in [0.5, 0.6) is 17.2 Å². The topological polar surface area (TPSA) is 60.0 Å². The first-order valence-electron chi connectivity index (χ1n) is 5.87. The molecule has 0 heterocycles. The molecule has 5 nitrogen and oxygen atoms in total. The third-order valence-corrected chi connectivity index (χ3v) is 2.63. The molecule has 1 aromatic carbocycles. The number of hydrogen-bond donors (Lipinski definition) is 2. The number of nitrogens with one attached hydrogen (secondary N) is 1. The van der Waals surface area contributed by atoms with Crippen molar-refractivity contribution in [2.45, 2.75) is 13.0 Å². The molecule has 102 valence electrons. The highest BCUT2D eigenvalue weighted by molar-refractivity contribution is 5.50. The molecule has 5 heteroatoms. The Labute approximate surface area is 108 Å². The van der Waals surface area contributed by atoms with Crippen molar-refractivity contribution in [3.05, 3.63) is 17.7 Å². The number of ether oxygens (including phenoxy) is 3. The second-order valence-corrected chi connectivity index (χ2v) is 3.76. The number of aliphatic hydroxyl groups is 1. The van der Waals surface area contributed by atoms with E-state index in [-0.39, 0.29) is 6.61 Å². The van der Waals surface area contributed by atoms with Gasteiger partial charge in [0, 0.05) is 25.3 Å². The van der Waals surface area contributed by atoms with E-state index in [1.54, 1.807) is 21.3 Å². The largest absolute Gasteiger partial charge is 0.496 e. The van der Waals surface area contributed by atoms with Gasteiger partial charge in [0.2, 0.25) is 0 Å². The van der Waals surface area contributed by atoms with Crippen LogP contribution in [0, 0.1) is 0 Å². The second-order valence-electron chi connectivity index (χ2n) is 3.76. The standard InChI is InChI=1S/C13H21NO4/c1-16-10-7-12(17-2)11(13(8-10)18-3)9-14-5-4-6-15/h7-8,14-15H,4-6,9H2,1-3H3. The van der Waals surface area contributed by atoms with Gasteiger partial charge in [0.05, 0.1) is 26.9 Å². The molecule has 0 saturated heterocycles. The van der Waals surface area contributed by atoms with E-state index in [1.165, 1.54) is 0 Å². The number of aliphatic hydroxyl groups excluding tert-OH is 1. The van der Waals surface area contributed by atoms with E-state index in [2.05, 4.69) is 5.32 Å².